The van der Waals surface area contributed by atoms with Crippen LogP contribution in [0.5, 0.6) is 0 Å². The average molecular weight is 245 g/mol. The van der Waals surface area contributed by atoms with Crippen LogP contribution in [0.25, 0.3) is 0 Å². The van der Waals surface area contributed by atoms with Crippen LogP contribution in [-0.2, 0) is 0 Å². The normalized spacial score (nSPS) is 10.8. The summed E-state index contributed by atoms with van der Waals surface area (Å²) in [5, 5.41) is 5.66. The van der Waals surface area contributed by atoms with Gasteiger partial charge in [-0.1, -0.05) is 15.9 Å². The molecule has 0 aliphatic rings. The van der Waals surface area contributed by atoms with Crippen molar-refractivity contribution in [1.82, 2.24) is 5.01 Å². The van der Waals surface area contributed by atoms with Crippen molar-refractivity contribution in [3.63, 3.8) is 0 Å². The SMILES string of the molecule is CN(C)/N=C/c1cc(F)ccc1Br. The second-order valence-corrected chi connectivity index (χ2v) is 3.61. The minimum absolute atomic E-state index is 0.261. The fraction of sp³-hybridized carbons (Fsp3) is 0.222. The summed E-state index contributed by atoms with van der Waals surface area (Å²) in [6, 6.07) is 4.49. The predicted octanol–water partition coefficient (Wildman–Crippen LogP) is 2.48. The molecule has 0 heterocycles. The van der Waals surface area contributed by atoms with E-state index in [1.165, 1.54) is 12.1 Å². The summed E-state index contributed by atoms with van der Waals surface area (Å²) >= 11 is 3.30. The standard InChI is InChI=1S/C9H10BrFN2/c1-13(2)12-6-7-5-8(11)3-4-9(7)10/h3-6H,1-2H3/b12-6+. The Hall–Kier alpha value is -0.900. The number of rotatable bonds is 2. The van der Waals surface area contributed by atoms with Gasteiger partial charge in [-0.05, 0) is 18.2 Å². The van der Waals surface area contributed by atoms with E-state index in [9.17, 15) is 4.39 Å². The zero-order chi connectivity index (χ0) is 9.84. The second-order valence-electron chi connectivity index (χ2n) is 2.76. The van der Waals surface area contributed by atoms with Gasteiger partial charge in [0.25, 0.3) is 0 Å². The van der Waals surface area contributed by atoms with E-state index >= 15 is 0 Å². The Balaban J connectivity index is 2.93. The zero-order valence-electron chi connectivity index (χ0n) is 7.46. The summed E-state index contributed by atoms with van der Waals surface area (Å²) in [5.41, 5.74) is 0.730. The predicted molar refractivity (Wildman–Crippen MR) is 55.4 cm³/mol. The van der Waals surface area contributed by atoms with Gasteiger partial charge < -0.3 is 5.01 Å². The molecule has 0 N–H and O–H groups in total. The van der Waals surface area contributed by atoms with Gasteiger partial charge in [-0.15, -0.1) is 0 Å². The van der Waals surface area contributed by atoms with E-state index in [1.807, 2.05) is 14.1 Å². The molecule has 0 radical (unpaired) electrons. The Kier molecular flexibility index (Phi) is 3.42. The molecule has 0 spiro atoms. The molecule has 0 unspecified atom stereocenters. The number of nitrogens with zero attached hydrogens (tertiary/aromatic N) is 2. The van der Waals surface area contributed by atoms with Crippen LogP contribution in [-0.4, -0.2) is 25.3 Å². The van der Waals surface area contributed by atoms with Gasteiger partial charge in [-0.3, -0.25) is 0 Å². The molecule has 1 aromatic carbocycles. The number of benzene rings is 1. The van der Waals surface area contributed by atoms with Crippen molar-refractivity contribution in [3.8, 4) is 0 Å². The van der Waals surface area contributed by atoms with Crippen LogP contribution in [0.3, 0.4) is 0 Å². The summed E-state index contributed by atoms with van der Waals surface area (Å²) in [7, 11) is 3.62. The molecule has 0 saturated carbocycles. The van der Waals surface area contributed by atoms with Crippen molar-refractivity contribution in [2.24, 2.45) is 5.10 Å². The molecule has 0 bridgehead atoms. The maximum absolute atomic E-state index is 12.8. The first kappa shape index (κ1) is 10.2. The fourth-order valence-corrected chi connectivity index (χ4v) is 1.14. The Morgan fingerprint density at radius 1 is 1.46 bits per heavy atom. The van der Waals surface area contributed by atoms with Gasteiger partial charge in [0, 0.05) is 24.1 Å². The molecule has 70 valence electrons. The van der Waals surface area contributed by atoms with Crippen molar-refractivity contribution >= 4 is 22.1 Å². The lowest BCUT2D eigenvalue weighted by Gasteiger charge is -2.03. The van der Waals surface area contributed by atoms with Gasteiger partial charge >= 0.3 is 0 Å². The molecule has 0 amide bonds. The molecule has 0 aliphatic heterocycles. The molecule has 0 fully saturated rings. The quantitative estimate of drug-likeness (QED) is 0.577. The Bertz CT molecular complexity index is 323. The van der Waals surface area contributed by atoms with E-state index in [4.69, 9.17) is 0 Å². The first-order valence-electron chi connectivity index (χ1n) is 3.76. The summed E-state index contributed by atoms with van der Waals surface area (Å²) in [5.74, 6) is -0.261. The fourth-order valence-electron chi connectivity index (χ4n) is 0.791. The van der Waals surface area contributed by atoms with Gasteiger partial charge in [0.15, 0.2) is 0 Å². The van der Waals surface area contributed by atoms with Crippen molar-refractivity contribution in [1.29, 1.82) is 0 Å². The van der Waals surface area contributed by atoms with Crippen molar-refractivity contribution in [3.05, 3.63) is 34.1 Å². The van der Waals surface area contributed by atoms with Crippen molar-refractivity contribution in [2.75, 3.05) is 14.1 Å². The summed E-state index contributed by atoms with van der Waals surface area (Å²) in [6.07, 6.45) is 1.60. The molecule has 13 heavy (non-hydrogen) atoms. The highest BCUT2D eigenvalue weighted by Crippen LogP contribution is 2.15. The number of hydrogen-bond acceptors (Lipinski definition) is 2. The maximum Gasteiger partial charge on any atom is 0.123 e. The van der Waals surface area contributed by atoms with E-state index in [-0.39, 0.29) is 5.82 Å². The van der Waals surface area contributed by atoms with Gasteiger partial charge in [-0.25, -0.2) is 4.39 Å². The van der Waals surface area contributed by atoms with Crippen LogP contribution in [0, 0.1) is 5.82 Å². The zero-order valence-corrected chi connectivity index (χ0v) is 9.05. The molecule has 2 nitrogen and oxygen atoms in total. The first-order chi connectivity index (χ1) is 6.09. The second kappa shape index (κ2) is 4.37. The van der Waals surface area contributed by atoms with Gasteiger partial charge in [0.2, 0.25) is 0 Å². The summed E-state index contributed by atoms with van der Waals surface area (Å²) in [6.45, 7) is 0. The highest BCUT2D eigenvalue weighted by molar-refractivity contribution is 9.10. The minimum atomic E-state index is -0.261. The van der Waals surface area contributed by atoms with Gasteiger partial charge in [0.1, 0.15) is 5.82 Å². The molecule has 0 aliphatic carbocycles. The highest BCUT2D eigenvalue weighted by Gasteiger charge is 1.98. The van der Waals surface area contributed by atoms with E-state index in [0.29, 0.717) is 0 Å². The molecule has 1 rings (SSSR count). The number of halogens is 2. The topological polar surface area (TPSA) is 15.6 Å². The van der Waals surface area contributed by atoms with Crippen molar-refractivity contribution in [2.45, 2.75) is 0 Å². The summed E-state index contributed by atoms with van der Waals surface area (Å²) < 4.78 is 13.6. The third-order valence-electron chi connectivity index (χ3n) is 1.39. The van der Waals surface area contributed by atoms with Gasteiger partial charge in [0.05, 0.1) is 6.21 Å². The van der Waals surface area contributed by atoms with Crippen LogP contribution in [0.2, 0.25) is 0 Å². The Morgan fingerprint density at radius 3 is 2.77 bits per heavy atom. The number of hydrazone groups is 1. The molecule has 1 aromatic rings. The summed E-state index contributed by atoms with van der Waals surface area (Å²) in [4.78, 5) is 0. The van der Waals surface area contributed by atoms with Crippen LogP contribution in [0.4, 0.5) is 4.39 Å². The van der Waals surface area contributed by atoms with Gasteiger partial charge in [-0.2, -0.15) is 5.10 Å². The monoisotopic (exact) mass is 244 g/mol. The largest absolute Gasteiger partial charge is 0.303 e. The van der Waals surface area contributed by atoms with Crippen LogP contribution >= 0.6 is 15.9 Å². The van der Waals surface area contributed by atoms with Crippen LogP contribution < -0.4 is 0 Å². The molecule has 0 aromatic heterocycles. The molecular weight excluding hydrogens is 235 g/mol. The third kappa shape index (κ3) is 3.14. The van der Waals surface area contributed by atoms with E-state index in [1.54, 1.807) is 17.3 Å². The minimum Gasteiger partial charge on any atom is -0.303 e. The molecule has 4 heteroatoms. The van der Waals surface area contributed by atoms with E-state index in [0.717, 1.165) is 10.0 Å². The van der Waals surface area contributed by atoms with Crippen molar-refractivity contribution < 1.29 is 4.39 Å². The Labute approximate surface area is 85.2 Å². The lowest BCUT2D eigenvalue weighted by Crippen LogP contribution is -2.02. The lowest BCUT2D eigenvalue weighted by molar-refractivity contribution is 0.440. The first-order valence-corrected chi connectivity index (χ1v) is 4.55. The van der Waals surface area contributed by atoms with Crippen LogP contribution in [0.15, 0.2) is 27.8 Å². The van der Waals surface area contributed by atoms with E-state index in [2.05, 4.69) is 21.0 Å². The highest BCUT2D eigenvalue weighted by atomic mass is 79.9. The molecular formula is C9H10BrFN2. The van der Waals surface area contributed by atoms with E-state index < -0.39 is 0 Å². The van der Waals surface area contributed by atoms with Crippen LogP contribution in [0.1, 0.15) is 5.56 Å². The molecule has 0 atom stereocenters. The number of hydrogen-bond donors (Lipinski definition) is 0. The average Bonchev–Trinajstić information content (AvgIpc) is 2.06. The molecule has 0 saturated heterocycles. The maximum atomic E-state index is 12.8. The third-order valence-corrected chi connectivity index (χ3v) is 2.11. The smallest absolute Gasteiger partial charge is 0.123 e. The lowest BCUT2D eigenvalue weighted by atomic mass is 10.2. The Morgan fingerprint density at radius 2 is 2.15 bits per heavy atom.